The van der Waals surface area contributed by atoms with Crippen LogP contribution in [-0.4, -0.2) is 54.1 Å². The first-order valence-corrected chi connectivity index (χ1v) is 11.4. The summed E-state index contributed by atoms with van der Waals surface area (Å²) in [7, 11) is 0. The summed E-state index contributed by atoms with van der Waals surface area (Å²) >= 11 is 3.43. The molecule has 152 valence electrons. The molecule has 1 saturated heterocycles. The highest BCUT2D eigenvalue weighted by atomic mass is 32.1. The first-order chi connectivity index (χ1) is 13.6. The lowest BCUT2D eigenvalue weighted by Gasteiger charge is -2.32. The molecule has 0 atom stereocenters. The van der Waals surface area contributed by atoms with E-state index < -0.39 is 0 Å². The van der Waals surface area contributed by atoms with Crippen LogP contribution in [0.25, 0.3) is 0 Å². The van der Waals surface area contributed by atoms with E-state index in [4.69, 9.17) is 4.74 Å². The lowest BCUT2D eigenvalue weighted by molar-refractivity contribution is -0.123. The minimum Gasteiger partial charge on any atom is -0.450 e. The summed E-state index contributed by atoms with van der Waals surface area (Å²) in [6.45, 7) is 5.35. The summed E-state index contributed by atoms with van der Waals surface area (Å²) < 4.78 is 5.05. The van der Waals surface area contributed by atoms with Gasteiger partial charge in [0.1, 0.15) is 0 Å². The predicted octanol–water partition coefficient (Wildman–Crippen LogP) is 3.55. The molecule has 1 fully saturated rings. The molecular formula is C20H27N3O3S2. The van der Waals surface area contributed by atoms with Gasteiger partial charge in [-0.05, 0) is 42.7 Å². The Morgan fingerprint density at radius 3 is 2.25 bits per heavy atom. The molecule has 2 aromatic heterocycles. The summed E-state index contributed by atoms with van der Waals surface area (Å²) in [5.74, 6) is 0.0442. The molecular weight excluding hydrogens is 394 g/mol. The number of carbonyl (C=O) groups is 2. The van der Waals surface area contributed by atoms with E-state index in [0.29, 0.717) is 26.2 Å². The number of ether oxygens (including phenoxy) is 1. The third kappa shape index (κ3) is 6.32. The first kappa shape index (κ1) is 20.8. The molecule has 0 aliphatic carbocycles. The van der Waals surface area contributed by atoms with E-state index >= 15 is 0 Å². The highest BCUT2D eigenvalue weighted by Gasteiger charge is 2.25. The van der Waals surface area contributed by atoms with E-state index in [0.717, 1.165) is 25.9 Å². The highest BCUT2D eigenvalue weighted by molar-refractivity contribution is 7.10. The van der Waals surface area contributed by atoms with Crippen LogP contribution in [0.4, 0.5) is 4.79 Å². The van der Waals surface area contributed by atoms with E-state index in [2.05, 4.69) is 33.1 Å². The van der Waals surface area contributed by atoms with Gasteiger partial charge in [0.25, 0.3) is 0 Å². The topological polar surface area (TPSA) is 61.9 Å². The number of hydrogen-bond acceptors (Lipinski definition) is 6. The molecule has 2 amide bonds. The number of piperidine rings is 1. The van der Waals surface area contributed by atoms with E-state index in [1.54, 1.807) is 27.6 Å². The van der Waals surface area contributed by atoms with Gasteiger partial charge in [0.2, 0.25) is 5.91 Å². The fraction of sp³-hybridized carbons (Fsp3) is 0.500. The molecule has 0 radical (unpaired) electrons. The summed E-state index contributed by atoms with van der Waals surface area (Å²) in [6.07, 6.45) is 1.27. The second-order valence-corrected chi connectivity index (χ2v) is 8.90. The highest BCUT2D eigenvalue weighted by Crippen LogP contribution is 2.17. The SMILES string of the molecule is CCOC(=O)N1CCC(NC(=O)CN(Cc2cccs2)Cc2cccs2)CC1. The molecule has 0 bridgehead atoms. The van der Waals surface area contributed by atoms with Crippen molar-refractivity contribution in [1.29, 1.82) is 0 Å². The predicted molar refractivity (Wildman–Crippen MR) is 113 cm³/mol. The lowest BCUT2D eigenvalue weighted by atomic mass is 10.1. The maximum absolute atomic E-state index is 12.6. The number of amides is 2. The smallest absolute Gasteiger partial charge is 0.409 e. The lowest BCUT2D eigenvalue weighted by Crippen LogP contribution is -2.48. The third-order valence-electron chi connectivity index (χ3n) is 4.67. The van der Waals surface area contributed by atoms with Gasteiger partial charge in [-0.15, -0.1) is 22.7 Å². The van der Waals surface area contributed by atoms with Crippen LogP contribution >= 0.6 is 22.7 Å². The molecule has 0 spiro atoms. The zero-order chi connectivity index (χ0) is 19.8. The quantitative estimate of drug-likeness (QED) is 0.708. The number of thiophene rings is 2. The fourth-order valence-electron chi connectivity index (χ4n) is 3.31. The summed E-state index contributed by atoms with van der Waals surface area (Å²) in [6, 6.07) is 8.41. The number of rotatable bonds is 8. The molecule has 8 heteroatoms. The van der Waals surface area contributed by atoms with Gasteiger partial charge in [-0.1, -0.05) is 12.1 Å². The van der Waals surface area contributed by atoms with Crippen molar-refractivity contribution in [2.45, 2.75) is 38.9 Å². The van der Waals surface area contributed by atoms with Crippen LogP contribution in [0.5, 0.6) is 0 Å². The summed E-state index contributed by atoms with van der Waals surface area (Å²) in [5, 5.41) is 7.28. The Morgan fingerprint density at radius 2 is 1.75 bits per heavy atom. The van der Waals surface area contributed by atoms with Crippen molar-refractivity contribution in [3.63, 3.8) is 0 Å². The number of nitrogens with zero attached hydrogens (tertiary/aromatic N) is 2. The second-order valence-electron chi connectivity index (χ2n) is 6.83. The third-order valence-corrected chi connectivity index (χ3v) is 6.39. The van der Waals surface area contributed by atoms with Crippen LogP contribution in [0, 0.1) is 0 Å². The molecule has 28 heavy (non-hydrogen) atoms. The van der Waals surface area contributed by atoms with Gasteiger partial charge in [0.05, 0.1) is 13.2 Å². The molecule has 0 saturated carbocycles. The van der Waals surface area contributed by atoms with Gasteiger partial charge in [-0.2, -0.15) is 0 Å². The van der Waals surface area contributed by atoms with Gasteiger partial charge in [0.15, 0.2) is 0 Å². The van der Waals surface area contributed by atoms with Crippen molar-refractivity contribution in [2.24, 2.45) is 0 Å². The second kappa shape index (κ2) is 10.6. The van der Waals surface area contributed by atoms with Crippen molar-refractivity contribution in [1.82, 2.24) is 15.1 Å². The normalized spacial score (nSPS) is 15.0. The van der Waals surface area contributed by atoms with Gasteiger partial charge in [-0.25, -0.2) is 4.79 Å². The van der Waals surface area contributed by atoms with E-state index in [-0.39, 0.29) is 18.0 Å². The van der Waals surface area contributed by atoms with E-state index in [1.807, 2.05) is 19.1 Å². The molecule has 3 rings (SSSR count). The van der Waals surface area contributed by atoms with Crippen molar-refractivity contribution >= 4 is 34.7 Å². The van der Waals surface area contributed by atoms with Crippen LogP contribution in [0.15, 0.2) is 35.0 Å². The zero-order valence-electron chi connectivity index (χ0n) is 16.1. The largest absolute Gasteiger partial charge is 0.450 e. The van der Waals surface area contributed by atoms with Crippen LogP contribution in [0.2, 0.25) is 0 Å². The molecule has 2 aromatic rings. The molecule has 1 N–H and O–H groups in total. The van der Waals surface area contributed by atoms with E-state index in [1.165, 1.54) is 9.75 Å². The Labute approximate surface area is 174 Å². The molecule has 0 unspecified atom stereocenters. The molecule has 1 aliphatic heterocycles. The average molecular weight is 422 g/mol. The van der Waals surface area contributed by atoms with Crippen LogP contribution in [0.3, 0.4) is 0 Å². The summed E-state index contributed by atoms with van der Waals surface area (Å²) in [5.41, 5.74) is 0. The monoisotopic (exact) mass is 421 g/mol. The van der Waals surface area contributed by atoms with Crippen molar-refractivity contribution in [2.75, 3.05) is 26.2 Å². The fourth-order valence-corrected chi connectivity index (χ4v) is 4.80. The van der Waals surface area contributed by atoms with Crippen molar-refractivity contribution < 1.29 is 14.3 Å². The Bertz CT molecular complexity index is 690. The van der Waals surface area contributed by atoms with Gasteiger partial charge >= 0.3 is 6.09 Å². The standard InChI is InChI=1S/C20H27N3O3S2/c1-2-26-20(25)23-9-7-16(8-10-23)21-19(24)15-22(13-17-5-3-11-27-17)14-18-6-4-12-28-18/h3-6,11-12,16H,2,7-10,13-15H2,1H3,(H,21,24). The maximum atomic E-state index is 12.6. The maximum Gasteiger partial charge on any atom is 0.409 e. The van der Waals surface area contributed by atoms with Crippen LogP contribution in [-0.2, 0) is 22.6 Å². The molecule has 0 aromatic carbocycles. The Morgan fingerprint density at radius 1 is 1.14 bits per heavy atom. The van der Waals surface area contributed by atoms with Crippen LogP contribution < -0.4 is 5.32 Å². The number of hydrogen-bond donors (Lipinski definition) is 1. The number of nitrogens with one attached hydrogen (secondary N) is 1. The zero-order valence-corrected chi connectivity index (χ0v) is 17.8. The molecule has 1 aliphatic rings. The first-order valence-electron chi connectivity index (χ1n) is 9.62. The average Bonchev–Trinajstić information content (AvgIpc) is 3.36. The number of likely N-dealkylation sites (tertiary alicyclic amines) is 1. The minimum absolute atomic E-state index is 0.0442. The van der Waals surface area contributed by atoms with Crippen LogP contribution in [0.1, 0.15) is 29.5 Å². The van der Waals surface area contributed by atoms with E-state index in [9.17, 15) is 9.59 Å². The van der Waals surface area contributed by atoms with Gasteiger partial charge in [-0.3, -0.25) is 9.69 Å². The number of carbonyl (C=O) groups excluding carboxylic acids is 2. The molecule has 6 nitrogen and oxygen atoms in total. The Balaban J connectivity index is 1.49. The summed E-state index contributed by atoms with van der Waals surface area (Å²) in [4.78, 5) is 30.8. The Hall–Kier alpha value is -1.90. The Kier molecular flexibility index (Phi) is 7.88. The molecule has 3 heterocycles. The van der Waals surface area contributed by atoms with Crippen molar-refractivity contribution in [3.8, 4) is 0 Å². The van der Waals surface area contributed by atoms with Gasteiger partial charge < -0.3 is 15.0 Å². The van der Waals surface area contributed by atoms with Crippen molar-refractivity contribution in [3.05, 3.63) is 44.8 Å². The minimum atomic E-state index is -0.259. The van der Waals surface area contributed by atoms with Gasteiger partial charge in [0, 0.05) is 42.0 Å².